The molecule has 1 saturated heterocycles. The third-order valence-electron chi connectivity index (χ3n) is 5.74. The molecule has 1 aromatic heterocycles. The number of amides is 2. The molecule has 158 valence electrons. The molecule has 1 unspecified atom stereocenters. The van der Waals surface area contributed by atoms with Crippen molar-refractivity contribution < 1.29 is 9.59 Å². The number of aromatic nitrogens is 1. The van der Waals surface area contributed by atoms with Gasteiger partial charge in [0.05, 0.1) is 12.2 Å². The normalized spacial score (nSPS) is 15.6. The lowest BCUT2D eigenvalue weighted by atomic mass is 10.0. The Kier molecular flexibility index (Phi) is 6.41. The summed E-state index contributed by atoms with van der Waals surface area (Å²) in [6.45, 7) is 3.07. The molecule has 0 saturated carbocycles. The molecule has 2 heterocycles. The minimum atomic E-state index is -0.390. The molecule has 0 spiro atoms. The molecule has 0 aliphatic carbocycles. The van der Waals surface area contributed by atoms with E-state index in [0.29, 0.717) is 26.1 Å². The number of rotatable bonds is 6. The summed E-state index contributed by atoms with van der Waals surface area (Å²) >= 11 is 0. The van der Waals surface area contributed by atoms with E-state index in [9.17, 15) is 9.59 Å². The first kappa shape index (κ1) is 20.8. The highest BCUT2D eigenvalue weighted by Crippen LogP contribution is 2.24. The Labute approximate surface area is 183 Å². The third-order valence-corrected chi connectivity index (χ3v) is 5.74. The Balaban J connectivity index is 1.60. The Bertz CT molecular complexity index is 1040. The molecule has 0 N–H and O–H groups in total. The number of hydrogen-bond donors (Lipinski definition) is 0. The van der Waals surface area contributed by atoms with Crippen LogP contribution in [0.15, 0.2) is 79.0 Å². The van der Waals surface area contributed by atoms with Gasteiger partial charge in [-0.3, -0.25) is 14.6 Å². The molecule has 1 aliphatic rings. The summed E-state index contributed by atoms with van der Waals surface area (Å²) in [5.41, 5.74) is 4.15. The molecule has 5 nitrogen and oxygen atoms in total. The van der Waals surface area contributed by atoms with Crippen LogP contribution in [0.1, 0.15) is 31.0 Å². The second-order valence-electron chi connectivity index (χ2n) is 7.95. The summed E-state index contributed by atoms with van der Waals surface area (Å²) in [6, 6.07) is 23.8. The summed E-state index contributed by atoms with van der Waals surface area (Å²) in [7, 11) is 0. The molecule has 4 rings (SSSR count). The van der Waals surface area contributed by atoms with Gasteiger partial charge in [0, 0.05) is 26.2 Å². The van der Waals surface area contributed by atoms with Crippen LogP contribution in [0.5, 0.6) is 0 Å². The zero-order valence-corrected chi connectivity index (χ0v) is 17.8. The molecule has 1 atom stereocenters. The second kappa shape index (κ2) is 9.56. The van der Waals surface area contributed by atoms with Crippen LogP contribution in [0.25, 0.3) is 11.1 Å². The fourth-order valence-electron chi connectivity index (χ4n) is 4.21. The largest absolute Gasteiger partial charge is 0.331 e. The van der Waals surface area contributed by atoms with E-state index in [4.69, 9.17) is 0 Å². The molecule has 1 aliphatic heterocycles. The molecule has 0 radical (unpaired) electrons. The van der Waals surface area contributed by atoms with Gasteiger partial charge in [-0.15, -0.1) is 0 Å². The zero-order valence-electron chi connectivity index (χ0n) is 17.8. The highest BCUT2D eigenvalue weighted by molar-refractivity contribution is 5.87. The first-order chi connectivity index (χ1) is 15.1. The third kappa shape index (κ3) is 5.00. The van der Waals surface area contributed by atoms with Gasteiger partial charge in [-0.2, -0.15) is 0 Å². The first-order valence-corrected chi connectivity index (χ1v) is 10.7. The summed E-state index contributed by atoms with van der Waals surface area (Å²) in [6.07, 6.45) is 3.31. The molecular weight excluding hydrogens is 386 g/mol. The van der Waals surface area contributed by atoms with Crippen LogP contribution in [-0.2, 0) is 22.7 Å². The quantitative estimate of drug-likeness (QED) is 0.606. The fourth-order valence-corrected chi connectivity index (χ4v) is 4.21. The van der Waals surface area contributed by atoms with Crippen LogP contribution in [0.4, 0.5) is 0 Å². The van der Waals surface area contributed by atoms with E-state index in [1.165, 1.54) is 6.92 Å². The monoisotopic (exact) mass is 413 g/mol. The van der Waals surface area contributed by atoms with Crippen molar-refractivity contribution in [3.8, 4) is 11.1 Å². The number of pyridine rings is 1. The van der Waals surface area contributed by atoms with Gasteiger partial charge >= 0.3 is 0 Å². The molecule has 0 bridgehead atoms. The number of carbonyl (C=O) groups excluding carboxylic acids is 2. The van der Waals surface area contributed by atoms with Crippen molar-refractivity contribution in [2.75, 3.05) is 6.54 Å². The van der Waals surface area contributed by atoms with E-state index in [-0.39, 0.29) is 11.8 Å². The number of likely N-dealkylation sites (tertiary alicyclic amines) is 1. The van der Waals surface area contributed by atoms with Crippen molar-refractivity contribution in [3.63, 3.8) is 0 Å². The highest BCUT2D eigenvalue weighted by atomic mass is 16.2. The maximum Gasteiger partial charge on any atom is 0.246 e. The van der Waals surface area contributed by atoms with Crippen molar-refractivity contribution in [2.24, 2.45) is 0 Å². The number of carbonyl (C=O) groups is 2. The Hall–Kier alpha value is -3.47. The minimum Gasteiger partial charge on any atom is -0.331 e. The molecular formula is C26H27N3O2. The SMILES string of the molecule is CC(=O)N1CCCC1C(=O)N(Cc1cccc(-c2ccccc2)c1)Cc1ccccn1. The van der Waals surface area contributed by atoms with Gasteiger partial charge < -0.3 is 9.80 Å². The van der Waals surface area contributed by atoms with Gasteiger partial charge in [0.15, 0.2) is 0 Å². The van der Waals surface area contributed by atoms with Crippen LogP contribution in [0.2, 0.25) is 0 Å². The standard InChI is InChI=1S/C26H27N3O2/c1-20(30)29-16-8-14-25(29)26(31)28(19-24-13-5-6-15-27-24)18-21-9-7-12-23(17-21)22-10-3-2-4-11-22/h2-7,9-13,15,17,25H,8,14,16,18-19H2,1H3. The van der Waals surface area contributed by atoms with Gasteiger partial charge in [-0.25, -0.2) is 0 Å². The molecule has 3 aromatic rings. The molecule has 2 amide bonds. The maximum atomic E-state index is 13.5. The Morgan fingerprint density at radius 2 is 1.74 bits per heavy atom. The van der Waals surface area contributed by atoms with Gasteiger partial charge in [0.2, 0.25) is 11.8 Å². The van der Waals surface area contributed by atoms with Crippen LogP contribution < -0.4 is 0 Å². The van der Waals surface area contributed by atoms with E-state index in [1.54, 1.807) is 11.1 Å². The smallest absolute Gasteiger partial charge is 0.246 e. The van der Waals surface area contributed by atoms with Crippen LogP contribution in [-0.4, -0.2) is 39.2 Å². The topological polar surface area (TPSA) is 53.5 Å². The number of nitrogens with zero attached hydrogens (tertiary/aromatic N) is 3. The summed E-state index contributed by atoms with van der Waals surface area (Å²) < 4.78 is 0. The maximum absolute atomic E-state index is 13.5. The lowest BCUT2D eigenvalue weighted by molar-refractivity contribution is -0.143. The average Bonchev–Trinajstić information content (AvgIpc) is 3.30. The second-order valence-corrected chi connectivity index (χ2v) is 7.95. The highest BCUT2D eigenvalue weighted by Gasteiger charge is 2.35. The molecule has 1 fully saturated rings. The molecule has 2 aromatic carbocycles. The molecule has 5 heteroatoms. The minimum absolute atomic E-state index is 0.0107. The molecule has 31 heavy (non-hydrogen) atoms. The van der Waals surface area contributed by atoms with Crippen LogP contribution in [0, 0.1) is 0 Å². The van der Waals surface area contributed by atoms with E-state index in [2.05, 4.69) is 29.2 Å². The van der Waals surface area contributed by atoms with Crippen molar-refractivity contribution in [1.82, 2.24) is 14.8 Å². The predicted octanol–water partition coefficient (Wildman–Crippen LogP) is 4.29. The summed E-state index contributed by atoms with van der Waals surface area (Å²) in [5.74, 6) is -0.0526. The van der Waals surface area contributed by atoms with Gasteiger partial charge in [0.25, 0.3) is 0 Å². The zero-order chi connectivity index (χ0) is 21.6. The van der Waals surface area contributed by atoms with Gasteiger partial charge in [-0.05, 0) is 47.7 Å². The van der Waals surface area contributed by atoms with Crippen molar-refractivity contribution in [2.45, 2.75) is 38.9 Å². The van der Waals surface area contributed by atoms with E-state index in [1.807, 2.05) is 53.4 Å². The Morgan fingerprint density at radius 3 is 2.48 bits per heavy atom. The summed E-state index contributed by atoms with van der Waals surface area (Å²) in [4.78, 5) is 33.5. The lowest BCUT2D eigenvalue weighted by Crippen LogP contribution is -2.46. The number of hydrogen-bond acceptors (Lipinski definition) is 3. The van der Waals surface area contributed by atoms with Gasteiger partial charge in [-0.1, -0.05) is 54.6 Å². The van der Waals surface area contributed by atoms with Crippen molar-refractivity contribution in [1.29, 1.82) is 0 Å². The van der Waals surface area contributed by atoms with E-state index >= 15 is 0 Å². The lowest BCUT2D eigenvalue weighted by Gasteiger charge is -2.30. The Morgan fingerprint density at radius 1 is 0.968 bits per heavy atom. The van der Waals surface area contributed by atoms with Gasteiger partial charge in [0.1, 0.15) is 6.04 Å². The van der Waals surface area contributed by atoms with Crippen LogP contribution >= 0.6 is 0 Å². The average molecular weight is 414 g/mol. The van der Waals surface area contributed by atoms with Crippen molar-refractivity contribution >= 4 is 11.8 Å². The fraction of sp³-hybridized carbons (Fsp3) is 0.269. The van der Waals surface area contributed by atoms with E-state index in [0.717, 1.165) is 28.8 Å². The summed E-state index contributed by atoms with van der Waals surface area (Å²) in [5, 5.41) is 0. The van der Waals surface area contributed by atoms with Crippen LogP contribution in [0.3, 0.4) is 0 Å². The predicted molar refractivity (Wildman–Crippen MR) is 121 cm³/mol. The number of benzene rings is 2. The first-order valence-electron chi connectivity index (χ1n) is 10.7. The van der Waals surface area contributed by atoms with Crippen molar-refractivity contribution in [3.05, 3.63) is 90.3 Å². The van der Waals surface area contributed by atoms with E-state index < -0.39 is 6.04 Å².